The molecule has 0 unspecified atom stereocenters. The molecule has 1 aliphatic rings. The number of aryl methyl sites for hydroxylation is 1. The minimum Gasteiger partial charge on any atom is -0.378 e. The Hall–Kier alpha value is -1.07. The standard InChI is InChI=1S/C12H18ClN3O2/c1-9-10(3-4-13)11(14-15(9)2)12(17)16-5-7-18-8-6-16/h3-8H2,1-2H3. The summed E-state index contributed by atoms with van der Waals surface area (Å²) >= 11 is 5.80. The molecule has 0 radical (unpaired) electrons. The second-order valence-electron chi connectivity index (χ2n) is 4.38. The van der Waals surface area contributed by atoms with Gasteiger partial charge in [-0.25, -0.2) is 0 Å². The van der Waals surface area contributed by atoms with Crippen molar-refractivity contribution in [2.75, 3.05) is 32.2 Å². The van der Waals surface area contributed by atoms with Crippen molar-refractivity contribution in [3.05, 3.63) is 17.0 Å². The third-order valence-corrected chi connectivity index (χ3v) is 3.49. The molecule has 0 bridgehead atoms. The van der Waals surface area contributed by atoms with Gasteiger partial charge in [0.05, 0.1) is 13.2 Å². The summed E-state index contributed by atoms with van der Waals surface area (Å²) in [6.07, 6.45) is 0.673. The summed E-state index contributed by atoms with van der Waals surface area (Å²) in [6, 6.07) is 0. The van der Waals surface area contributed by atoms with Gasteiger partial charge < -0.3 is 9.64 Å². The molecule has 18 heavy (non-hydrogen) atoms. The monoisotopic (exact) mass is 271 g/mol. The van der Waals surface area contributed by atoms with Crippen molar-refractivity contribution in [2.45, 2.75) is 13.3 Å². The van der Waals surface area contributed by atoms with Crippen molar-refractivity contribution in [3.8, 4) is 0 Å². The first-order valence-electron chi connectivity index (χ1n) is 6.10. The zero-order valence-corrected chi connectivity index (χ0v) is 11.5. The zero-order valence-electron chi connectivity index (χ0n) is 10.8. The molecule has 0 aromatic carbocycles. The molecule has 1 fully saturated rings. The van der Waals surface area contributed by atoms with E-state index in [1.807, 2.05) is 14.0 Å². The quantitative estimate of drug-likeness (QED) is 0.770. The van der Waals surface area contributed by atoms with Gasteiger partial charge in [0.25, 0.3) is 5.91 Å². The largest absolute Gasteiger partial charge is 0.378 e. The van der Waals surface area contributed by atoms with E-state index in [0.717, 1.165) is 11.3 Å². The van der Waals surface area contributed by atoms with E-state index in [0.29, 0.717) is 44.3 Å². The molecule has 0 spiro atoms. The van der Waals surface area contributed by atoms with Crippen LogP contribution in [0.5, 0.6) is 0 Å². The lowest BCUT2D eigenvalue weighted by Gasteiger charge is -2.26. The van der Waals surface area contributed by atoms with Crippen LogP contribution in [0, 0.1) is 6.92 Å². The van der Waals surface area contributed by atoms with Crippen LogP contribution in [-0.4, -0.2) is 52.8 Å². The molecular formula is C12H18ClN3O2. The number of ether oxygens (including phenoxy) is 1. The number of morpholine rings is 1. The molecule has 1 saturated heterocycles. The molecule has 1 aromatic rings. The smallest absolute Gasteiger partial charge is 0.274 e. The van der Waals surface area contributed by atoms with Gasteiger partial charge in [-0.05, 0) is 13.3 Å². The SMILES string of the molecule is Cc1c(CCCl)c(C(=O)N2CCOCC2)nn1C. The van der Waals surface area contributed by atoms with E-state index in [-0.39, 0.29) is 5.91 Å². The van der Waals surface area contributed by atoms with Crippen molar-refractivity contribution >= 4 is 17.5 Å². The average molecular weight is 272 g/mol. The number of halogens is 1. The molecule has 2 rings (SSSR count). The Morgan fingerprint density at radius 2 is 2.11 bits per heavy atom. The summed E-state index contributed by atoms with van der Waals surface area (Å²) < 4.78 is 7.00. The number of alkyl halides is 1. The molecule has 0 atom stereocenters. The highest BCUT2D eigenvalue weighted by atomic mass is 35.5. The number of nitrogens with zero attached hydrogens (tertiary/aromatic N) is 3. The van der Waals surface area contributed by atoms with Crippen LogP contribution in [0.25, 0.3) is 0 Å². The molecular weight excluding hydrogens is 254 g/mol. The molecule has 0 N–H and O–H groups in total. The highest BCUT2D eigenvalue weighted by molar-refractivity contribution is 6.18. The lowest BCUT2D eigenvalue weighted by atomic mass is 10.1. The van der Waals surface area contributed by atoms with Gasteiger partial charge in [0.2, 0.25) is 0 Å². The Kier molecular flexibility index (Phi) is 4.24. The van der Waals surface area contributed by atoms with Crippen LogP contribution in [-0.2, 0) is 18.2 Å². The topological polar surface area (TPSA) is 47.4 Å². The minimum absolute atomic E-state index is 0.0119. The Morgan fingerprint density at radius 1 is 1.44 bits per heavy atom. The van der Waals surface area contributed by atoms with Crippen LogP contribution in [0.4, 0.5) is 0 Å². The second kappa shape index (κ2) is 5.71. The van der Waals surface area contributed by atoms with Gasteiger partial charge in [-0.1, -0.05) is 0 Å². The summed E-state index contributed by atoms with van der Waals surface area (Å²) in [5.41, 5.74) is 2.51. The molecule has 0 aliphatic carbocycles. The molecule has 1 aromatic heterocycles. The summed E-state index contributed by atoms with van der Waals surface area (Å²) in [7, 11) is 1.85. The summed E-state index contributed by atoms with van der Waals surface area (Å²) in [4.78, 5) is 14.2. The van der Waals surface area contributed by atoms with E-state index < -0.39 is 0 Å². The summed E-state index contributed by atoms with van der Waals surface area (Å²) in [5.74, 6) is 0.484. The van der Waals surface area contributed by atoms with E-state index in [2.05, 4.69) is 5.10 Å². The van der Waals surface area contributed by atoms with Crippen LogP contribution in [0.1, 0.15) is 21.7 Å². The number of hydrogen-bond acceptors (Lipinski definition) is 3. The van der Waals surface area contributed by atoms with Gasteiger partial charge in [-0.15, -0.1) is 11.6 Å². The first-order valence-corrected chi connectivity index (χ1v) is 6.64. The fraction of sp³-hybridized carbons (Fsp3) is 0.667. The van der Waals surface area contributed by atoms with Crippen molar-refractivity contribution in [1.82, 2.24) is 14.7 Å². The van der Waals surface area contributed by atoms with Crippen LogP contribution in [0.3, 0.4) is 0 Å². The maximum absolute atomic E-state index is 12.4. The average Bonchev–Trinajstić information content (AvgIpc) is 2.68. The van der Waals surface area contributed by atoms with Crippen LogP contribution >= 0.6 is 11.6 Å². The number of amides is 1. The van der Waals surface area contributed by atoms with Crippen molar-refractivity contribution in [2.24, 2.45) is 7.05 Å². The first kappa shape index (κ1) is 13.4. The molecule has 6 heteroatoms. The van der Waals surface area contributed by atoms with Crippen LogP contribution < -0.4 is 0 Å². The molecule has 0 saturated carbocycles. The lowest BCUT2D eigenvalue weighted by molar-refractivity contribution is 0.0298. The maximum Gasteiger partial charge on any atom is 0.274 e. The molecule has 1 amide bonds. The number of rotatable bonds is 3. The maximum atomic E-state index is 12.4. The highest BCUT2D eigenvalue weighted by Gasteiger charge is 2.25. The van der Waals surface area contributed by atoms with Crippen molar-refractivity contribution in [3.63, 3.8) is 0 Å². The Bertz CT molecular complexity index is 439. The van der Waals surface area contributed by atoms with Crippen molar-refractivity contribution in [1.29, 1.82) is 0 Å². The van der Waals surface area contributed by atoms with Gasteiger partial charge >= 0.3 is 0 Å². The molecule has 2 heterocycles. The Balaban J connectivity index is 2.25. The van der Waals surface area contributed by atoms with E-state index >= 15 is 0 Å². The van der Waals surface area contributed by atoms with Gasteiger partial charge in [-0.3, -0.25) is 9.48 Å². The summed E-state index contributed by atoms with van der Waals surface area (Å²) in [6.45, 7) is 4.43. The van der Waals surface area contributed by atoms with Crippen LogP contribution in [0.15, 0.2) is 0 Å². The molecule has 100 valence electrons. The predicted molar refractivity (Wildman–Crippen MR) is 69.1 cm³/mol. The highest BCUT2D eigenvalue weighted by Crippen LogP contribution is 2.17. The third-order valence-electron chi connectivity index (χ3n) is 3.30. The number of carbonyl (C=O) groups is 1. The summed E-state index contributed by atoms with van der Waals surface area (Å²) in [5, 5.41) is 4.33. The van der Waals surface area contributed by atoms with Crippen LogP contribution in [0.2, 0.25) is 0 Å². The van der Waals surface area contributed by atoms with E-state index in [1.165, 1.54) is 0 Å². The predicted octanol–water partition coefficient (Wildman–Crippen LogP) is 0.982. The molecule has 1 aliphatic heterocycles. The number of carbonyl (C=O) groups excluding carboxylic acids is 1. The Morgan fingerprint density at radius 3 is 2.72 bits per heavy atom. The van der Waals surface area contributed by atoms with Gasteiger partial charge in [0.1, 0.15) is 0 Å². The minimum atomic E-state index is -0.0119. The normalized spacial score (nSPS) is 16.1. The fourth-order valence-corrected chi connectivity index (χ4v) is 2.32. The van der Waals surface area contributed by atoms with Gasteiger partial charge in [0, 0.05) is 37.3 Å². The fourth-order valence-electron chi connectivity index (χ4n) is 2.13. The van der Waals surface area contributed by atoms with E-state index in [9.17, 15) is 4.79 Å². The third kappa shape index (κ3) is 2.52. The first-order chi connectivity index (χ1) is 8.65. The number of hydrogen-bond donors (Lipinski definition) is 0. The molecule has 5 nitrogen and oxygen atoms in total. The number of aromatic nitrogens is 2. The van der Waals surface area contributed by atoms with Gasteiger partial charge in [0.15, 0.2) is 5.69 Å². The van der Waals surface area contributed by atoms with Gasteiger partial charge in [-0.2, -0.15) is 5.10 Å². The van der Waals surface area contributed by atoms with E-state index in [1.54, 1.807) is 9.58 Å². The van der Waals surface area contributed by atoms with Crippen molar-refractivity contribution < 1.29 is 9.53 Å². The second-order valence-corrected chi connectivity index (χ2v) is 4.76. The Labute approximate surface area is 112 Å². The zero-order chi connectivity index (χ0) is 13.1. The van der Waals surface area contributed by atoms with E-state index in [4.69, 9.17) is 16.3 Å². The lowest BCUT2D eigenvalue weighted by Crippen LogP contribution is -2.41.